The summed E-state index contributed by atoms with van der Waals surface area (Å²) in [7, 11) is 1.18. The molecule has 0 aromatic heterocycles. The van der Waals surface area contributed by atoms with Gasteiger partial charge in [0.15, 0.2) is 0 Å². The van der Waals surface area contributed by atoms with E-state index in [1.54, 1.807) is 0 Å². The van der Waals surface area contributed by atoms with Crippen LogP contribution in [-0.2, 0) is 24.0 Å². The Morgan fingerprint density at radius 2 is 1.90 bits per heavy atom. The number of rotatable bonds is 10. The molecule has 1 unspecified atom stereocenters. The van der Waals surface area contributed by atoms with Gasteiger partial charge >= 0.3 is 17.9 Å². The van der Waals surface area contributed by atoms with Crippen molar-refractivity contribution in [1.29, 1.82) is 0 Å². The van der Waals surface area contributed by atoms with E-state index in [-0.39, 0.29) is 6.54 Å². The fraction of sp³-hybridized carbons (Fsp3) is 0.500. The number of carbonyl (C=O) groups is 3. The molecule has 0 fully saturated rings. The summed E-state index contributed by atoms with van der Waals surface area (Å²) in [6, 6.07) is -0.816. The average Bonchev–Trinajstić information content (AvgIpc) is 2.47. The molecule has 0 aromatic rings. The Labute approximate surface area is 121 Å². The van der Waals surface area contributed by atoms with E-state index in [1.807, 2.05) is 0 Å². The summed E-state index contributed by atoms with van der Waals surface area (Å²) >= 11 is 0. The topological polar surface area (TPSA) is 127 Å². The van der Waals surface area contributed by atoms with E-state index < -0.39 is 23.9 Å². The Bertz CT molecular complexity index is 433. The molecule has 0 heterocycles. The number of hydrogen-bond donors (Lipinski definition) is 1. The number of aliphatic imine (C=N–C) groups is 1. The molecule has 1 N–H and O–H groups in total. The molecule has 21 heavy (non-hydrogen) atoms. The normalized spacial score (nSPS) is 12.2. The molecule has 1 atom stereocenters. The summed E-state index contributed by atoms with van der Waals surface area (Å²) in [5.74, 6) is -2.56. The van der Waals surface area contributed by atoms with Crippen LogP contribution in [0.3, 0.4) is 0 Å². The van der Waals surface area contributed by atoms with E-state index in [1.165, 1.54) is 7.11 Å². The Balaban J connectivity index is 3.76. The second kappa shape index (κ2) is 11.3. The van der Waals surface area contributed by atoms with Gasteiger partial charge in [0.05, 0.1) is 13.7 Å². The fourth-order valence-corrected chi connectivity index (χ4v) is 1.16. The highest BCUT2D eigenvalue weighted by Gasteiger charge is 2.13. The van der Waals surface area contributed by atoms with Crippen LogP contribution in [0.2, 0.25) is 0 Å². The second-order valence-corrected chi connectivity index (χ2v) is 3.75. The quantitative estimate of drug-likeness (QED) is 0.160. The molecule has 0 saturated heterocycles. The number of unbranched alkanes of at least 4 members (excludes halogenated alkanes) is 1. The Morgan fingerprint density at radius 3 is 2.48 bits per heavy atom. The predicted molar refractivity (Wildman–Crippen MR) is 71.8 cm³/mol. The summed E-state index contributed by atoms with van der Waals surface area (Å²) in [6.07, 6.45) is 3.25. The summed E-state index contributed by atoms with van der Waals surface area (Å²) in [6.45, 7) is 3.47. The molecular weight excluding hydrogens is 282 g/mol. The lowest BCUT2D eigenvalue weighted by Crippen LogP contribution is -2.17. The summed E-state index contributed by atoms with van der Waals surface area (Å²) in [4.78, 5) is 40.1. The first-order valence-corrected chi connectivity index (χ1v) is 6.03. The molecule has 0 aliphatic rings. The van der Waals surface area contributed by atoms with Crippen LogP contribution >= 0.6 is 0 Å². The fourth-order valence-electron chi connectivity index (χ4n) is 1.16. The van der Waals surface area contributed by atoms with Crippen molar-refractivity contribution in [2.75, 3.05) is 13.7 Å². The third-order valence-corrected chi connectivity index (χ3v) is 2.24. The molecule has 0 spiro atoms. The first kappa shape index (κ1) is 18.4. The first-order chi connectivity index (χ1) is 10.0. The molecule has 0 aliphatic heterocycles. The minimum atomic E-state index is -1.02. The lowest BCUT2D eigenvalue weighted by molar-refractivity contribution is -0.140. The third kappa shape index (κ3) is 9.93. The largest absolute Gasteiger partial charge is 0.480 e. The van der Waals surface area contributed by atoms with Crippen LogP contribution in [-0.4, -0.2) is 49.4 Å². The van der Waals surface area contributed by atoms with Gasteiger partial charge in [0.2, 0.25) is 0 Å². The van der Waals surface area contributed by atoms with Crippen LogP contribution in [0.4, 0.5) is 0 Å². The summed E-state index contributed by atoms with van der Waals surface area (Å²) in [5.41, 5.74) is 0. The van der Waals surface area contributed by atoms with Crippen molar-refractivity contribution in [2.45, 2.75) is 25.3 Å². The first-order valence-electron chi connectivity index (χ1n) is 6.03. The maximum Gasteiger partial charge on any atom is 0.360 e. The molecule has 0 aromatic carbocycles. The van der Waals surface area contributed by atoms with Gasteiger partial charge < -0.3 is 9.84 Å². The highest BCUT2D eigenvalue weighted by Crippen LogP contribution is 2.04. The molecule has 0 amide bonds. The molecule has 0 rings (SSSR count). The van der Waals surface area contributed by atoms with Gasteiger partial charge in [-0.05, 0) is 26.0 Å². The van der Waals surface area contributed by atoms with E-state index in [0.717, 1.165) is 12.2 Å². The number of methoxy groups -OCH3 is 1. The van der Waals surface area contributed by atoms with Gasteiger partial charge in [-0.25, -0.2) is 14.4 Å². The zero-order valence-corrected chi connectivity index (χ0v) is 11.6. The standard InChI is InChI=1S/C12H17N3O6/c1-13-9(12(18)19)5-3-4-8-14-15-21-11(17)7-6-10(16)20-2/h6-7,9H,1,3-5,8H2,2H3,(H,18,19)/b7-6+,15-14?. The number of carbonyl (C=O) groups excluding carboxylic acids is 2. The molecular formula is C12H17N3O6. The Morgan fingerprint density at radius 1 is 1.24 bits per heavy atom. The van der Waals surface area contributed by atoms with E-state index >= 15 is 0 Å². The number of aliphatic carboxylic acids is 1. The van der Waals surface area contributed by atoms with Crippen molar-refractivity contribution >= 4 is 24.6 Å². The molecule has 116 valence electrons. The van der Waals surface area contributed by atoms with Crippen LogP contribution in [0.5, 0.6) is 0 Å². The highest BCUT2D eigenvalue weighted by molar-refractivity contribution is 5.91. The molecule has 0 aliphatic carbocycles. The van der Waals surface area contributed by atoms with Gasteiger partial charge in [0.25, 0.3) is 0 Å². The highest BCUT2D eigenvalue weighted by atomic mass is 16.7. The van der Waals surface area contributed by atoms with Crippen molar-refractivity contribution in [3.8, 4) is 0 Å². The number of carboxylic acids is 1. The van der Waals surface area contributed by atoms with Gasteiger partial charge in [-0.15, -0.1) is 0 Å². The minimum absolute atomic E-state index is 0.275. The van der Waals surface area contributed by atoms with Crippen LogP contribution < -0.4 is 0 Å². The maximum absolute atomic E-state index is 11.0. The summed E-state index contributed by atoms with van der Waals surface area (Å²) in [5, 5.41) is 15.4. The van der Waals surface area contributed by atoms with Crippen LogP contribution in [0.15, 0.2) is 27.5 Å². The minimum Gasteiger partial charge on any atom is -0.480 e. The zero-order chi connectivity index (χ0) is 16.1. The molecule has 9 nitrogen and oxygen atoms in total. The maximum atomic E-state index is 11.0. The van der Waals surface area contributed by atoms with Gasteiger partial charge in [-0.2, -0.15) is 5.11 Å². The monoisotopic (exact) mass is 299 g/mol. The number of nitrogens with zero attached hydrogens (tertiary/aromatic N) is 3. The van der Waals surface area contributed by atoms with Crippen molar-refractivity contribution in [2.24, 2.45) is 15.4 Å². The smallest absolute Gasteiger partial charge is 0.360 e. The predicted octanol–water partition coefficient (Wildman–Crippen LogP) is 0.950. The van der Waals surface area contributed by atoms with Crippen LogP contribution in [0.1, 0.15) is 19.3 Å². The summed E-state index contributed by atoms with van der Waals surface area (Å²) < 4.78 is 4.27. The number of hydrogen-bond acceptors (Lipinski definition) is 8. The Hall–Kier alpha value is -2.58. The molecule has 0 bridgehead atoms. The lowest BCUT2D eigenvalue weighted by Gasteiger charge is -2.04. The number of ether oxygens (including phenoxy) is 1. The van der Waals surface area contributed by atoms with Crippen molar-refractivity contribution in [3.05, 3.63) is 12.2 Å². The van der Waals surface area contributed by atoms with E-state index in [4.69, 9.17) is 5.11 Å². The molecule has 0 saturated carbocycles. The van der Waals surface area contributed by atoms with Gasteiger partial charge in [0.1, 0.15) is 6.04 Å². The van der Waals surface area contributed by atoms with Crippen LogP contribution in [0.25, 0.3) is 0 Å². The zero-order valence-electron chi connectivity index (χ0n) is 11.6. The Kier molecular flexibility index (Phi) is 9.88. The third-order valence-electron chi connectivity index (χ3n) is 2.24. The van der Waals surface area contributed by atoms with Gasteiger partial charge in [0, 0.05) is 17.4 Å². The molecule has 0 radical (unpaired) electrons. The molecule has 9 heteroatoms. The number of carboxylic acid groups (broad SMARTS) is 1. The number of esters is 1. The second-order valence-electron chi connectivity index (χ2n) is 3.75. The van der Waals surface area contributed by atoms with Crippen LogP contribution in [0, 0.1) is 0 Å². The van der Waals surface area contributed by atoms with Gasteiger partial charge in [-0.3, -0.25) is 9.83 Å². The van der Waals surface area contributed by atoms with E-state index in [2.05, 4.69) is 31.7 Å². The van der Waals surface area contributed by atoms with Gasteiger partial charge in [-0.1, -0.05) is 0 Å². The lowest BCUT2D eigenvalue weighted by atomic mass is 10.1. The van der Waals surface area contributed by atoms with E-state index in [9.17, 15) is 14.4 Å². The average molecular weight is 299 g/mol. The van der Waals surface area contributed by atoms with Crippen molar-refractivity contribution < 1.29 is 29.1 Å². The SMILES string of the molecule is C=NC(CCCCN=NOC(=O)/C=C/C(=O)OC)C(=O)O. The van der Waals surface area contributed by atoms with E-state index in [0.29, 0.717) is 19.3 Å². The van der Waals surface area contributed by atoms with Crippen molar-refractivity contribution in [1.82, 2.24) is 0 Å². The van der Waals surface area contributed by atoms with Crippen molar-refractivity contribution in [3.63, 3.8) is 0 Å².